The quantitative estimate of drug-likeness (QED) is 0.408. The summed E-state index contributed by atoms with van der Waals surface area (Å²) in [6, 6.07) is 8.45. The molecule has 1 aromatic carbocycles. The summed E-state index contributed by atoms with van der Waals surface area (Å²) in [4.78, 5) is 8.61. The number of fused-ring (bicyclic) bond motifs is 1. The van der Waals surface area contributed by atoms with Gasteiger partial charge in [0.15, 0.2) is 11.0 Å². The summed E-state index contributed by atoms with van der Waals surface area (Å²) >= 11 is 7.09. The zero-order chi connectivity index (χ0) is 21.5. The van der Waals surface area contributed by atoms with Crippen LogP contribution in [0.15, 0.2) is 47.1 Å². The number of anilines is 2. The minimum absolute atomic E-state index is 0. The Bertz CT molecular complexity index is 1300. The van der Waals surface area contributed by atoms with E-state index in [1.165, 1.54) is 36.6 Å². The molecule has 0 aliphatic heterocycles. The molecule has 11 heteroatoms. The summed E-state index contributed by atoms with van der Waals surface area (Å²) in [6.07, 6.45) is 8.00. The smallest absolute Gasteiger partial charge is 0.160 e. The van der Waals surface area contributed by atoms with Gasteiger partial charge < -0.3 is 15.8 Å². The number of nitrogen functional groups attached to an aromatic ring is 1. The van der Waals surface area contributed by atoms with Crippen molar-refractivity contribution in [2.24, 2.45) is 0 Å². The van der Waals surface area contributed by atoms with E-state index in [1.807, 2.05) is 6.20 Å². The highest BCUT2D eigenvalue weighted by molar-refractivity contribution is 7.88. The van der Waals surface area contributed by atoms with Crippen molar-refractivity contribution in [1.29, 1.82) is 0 Å². The van der Waals surface area contributed by atoms with Crippen molar-refractivity contribution in [2.75, 3.05) is 10.5 Å². The van der Waals surface area contributed by atoms with Gasteiger partial charge in [0.05, 0.1) is 15.4 Å². The van der Waals surface area contributed by atoms with E-state index in [-0.39, 0.29) is 11.2 Å². The lowest BCUT2D eigenvalue weighted by Gasteiger charge is -2.12. The number of aromatic nitrogens is 3. The van der Waals surface area contributed by atoms with Crippen molar-refractivity contribution in [3.05, 3.63) is 53.0 Å². The van der Waals surface area contributed by atoms with E-state index < -0.39 is 16.8 Å². The number of hydrogen-bond donors (Lipinski definition) is 2. The molecule has 3 aromatic heterocycles. The van der Waals surface area contributed by atoms with Crippen LogP contribution in [0.3, 0.4) is 0 Å². The highest BCUT2D eigenvalue weighted by atomic mass is 35.5. The first kappa shape index (κ1) is 22.7. The van der Waals surface area contributed by atoms with Gasteiger partial charge in [0.25, 0.3) is 0 Å². The summed E-state index contributed by atoms with van der Waals surface area (Å²) in [5.41, 5.74) is 8.56. The number of nitrogens with zero attached hydrogens (tertiary/aromatic N) is 3. The van der Waals surface area contributed by atoms with Crippen LogP contribution in [-0.4, -0.2) is 24.2 Å². The Kier molecular flexibility index (Phi) is 6.47. The van der Waals surface area contributed by atoms with Crippen LogP contribution in [0.2, 0.25) is 4.34 Å². The second-order valence-corrected chi connectivity index (χ2v) is 10.6. The Morgan fingerprint density at radius 1 is 1.22 bits per heavy atom. The lowest BCUT2D eigenvalue weighted by Crippen LogP contribution is -2.04. The van der Waals surface area contributed by atoms with Gasteiger partial charge in [-0.25, -0.2) is 18.6 Å². The van der Waals surface area contributed by atoms with Crippen LogP contribution in [0.5, 0.6) is 0 Å². The summed E-state index contributed by atoms with van der Waals surface area (Å²) in [6.45, 7) is 0. The average Bonchev–Trinajstić information content (AvgIpc) is 3.49. The topological polar surface area (TPSA) is 117 Å². The molecule has 3 heterocycles. The highest BCUT2D eigenvalue weighted by Gasteiger charge is 2.23. The zero-order valence-electron chi connectivity index (χ0n) is 16.8. The van der Waals surface area contributed by atoms with Crippen LogP contribution in [0.1, 0.15) is 31.7 Å². The molecule has 168 valence electrons. The van der Waals surface area contributed by atoms with Crippen molar-refractivity contribution in [3.63, 3.8) is 0 Å². The van der Waals surface area contributed by atoms with Crippen molar-refractivity contribution in [1.82, 2.24) is 14.5 Å². The number of thiophene rings is 1. The standard InChI is InChI=1S/C21H19ClFN5OS2.H2O/c22-17-7-8-18(30-17)31(29)27-16-6-5-12(9-15(16)23)14-10-28(13-3-1-2-4-13)21-19(14)20(24)25-11-26-21;/h5-11,13,27H,1-4H2,(H2,24,25,26);1H2. The monoisotopic (exact) mass is 493 g/mol. The molecule has 5 rings (SSSR count). The number of nitrogens with one attached hydrogen (secondary N) is 1. The predicted molar refractivity (Wildman–Crippen MR) is 128 cm³/mol. The third-order valence-corrected chi connectivity index (χ3v) is 8.21. The molecule has 7 nitrogen and oxygen atoms in total. The number of nitrogens with two attached hydrogens (primary N) is 1. The van der Waals surface area contributed by atoms with Gasteiger partial charge in [-0.1, -0.05) is 30.5 Å². The molecule has 1 unspecified atom stereocenters. The first-order chi connectivity index (χ1) is 15.0. The maximum absolute atomic E-state index is 14.9. The van der Waals surface area contributed by atoms with E-state index in [0.29, 0.717) is 26.0 Å². The van der Waals surface area contributed by atoms with Gasteiger partial charge in [0.1, 0.15) is 27.8 Å². The zero-order valence-corrected chi connectivity index (χ0v) is 19.2. The number of rotatable bonds is 5. The molecule has 1 saturated carbocycles. The van der Waals surface area contributed by atoms with Crippen LogP contribution in [0.4, 0.5) is 15.9 Å². The molecular formula is C21H21ClFN5O2S2. The fourth-order valence-electron chi connectivity index (χ4n) is 4.10. The van der Waals surface area contributed by atoms with Gasteiger partial charge in [-0.05, 0) is 42.7 Å². The minimum atomic E-state index is -1.60. The van der Waals surface area contributed by atoms with Crippen molar-refractivity contribution in [2.45, 2.75) is 35.9 Å². The van der Waals surface area contributed by atoms with Crippen LogP contribution in [0.25, 0.3) is 22.2 Å². The first-order valence-electron chi connectivity index (χ1n) is 9.86. The van der Waals surface area contributed by atoms with Gasteiger partial charge in [0.2, 0.25) is 0 Å². The molecule has 1 atom stereocenters. The summed E-state index contributed by atoms with van der Waals surface area (Å²) in [7, 11) is -1.60. The van der Waals surface area contributed by atoms with Gasteiger partial charge in [0, 0.05) is 17.8 Å². The van der Waals surface area contributed by atoms with E-state index in [9.17, 15) is 8.60 Å². The molecular weight excluding hydrogens is 473 g/mol. The van der Waals surface area contributed by atoms with Gasteiger partial charge in [-0.3, -0.25) is 4.72 Å². The highest BCUT2D eigenvalue weighted by Crippen LogP contribution is 2.39. The first-order valence-corrected chi connectivity index (χ1v) is 12.2. The van der Waals surface area contributed by atoms with Gasteiger partial charge in [-0.2, -0.15) is 0 Å². The normalized spacial score (nSPS) is 15.1. The average molecular weight is 494 g/mol. The van der Waals surface area contributed by atoms with Crippen LogP contribution >= 0.6 is 22.9 Å². The van der Waals surface area contributed by atoms with E-state index >= 15 is 0 Å². The third-order valence-electron chi connectivity index (χ3n) is 5.57. The molecule has 4 aromatic rings. The number of halogens is 2. The maximum atomic E-state index is 14.9. The molecule has 1 fully saturated rings. The summed E-state index contributed by atoms with van der Waals surface area (Å²) in [5.74, 6) is -0.138. The SMILES string of the molecule is Nc1ncnc2c1c(-c1ccc(NS(=O)c3ccc(Cl)s3)c(F)c1)cn2C1CCCC1.O. The van der Waals surface area contributed by atoms with Crippen LogP contribution in [-0.2, 0) is 11.0 Å². The molecule has 1 aliphatic rings. The Balaban J connectivity index is 0.00000245. The molecule has 0 spiro atoms. The molecule has 0 bridgehead atoms. The molecule has 32 heavy (non-hydrogen) atoms. The minimum Gasteiger partial charge on any atom is -0.412 e. The second kappa shape index (κ2) is 9.14. The molecule has 0 amide bonds. The van der Waals surface area contributed by atoms with Crippen molar-refractivity contribution in [3.8, 4) is 11.1 Å². The summed E-state index contributed by atoms with van der Waals surface area (Å²) < 4.78 is 33.3. The van der Waals surface area contributed by atoms with E-state index in [2.05, 4.69) is 19.3 Å². The van der Waals surface area contributed by atoms with Crippen LogP contribution in [0, 0.1) is 5.82 Å². The Labute approximate surface area is 195 Å². The van der Waals surface area contributed by atoms with Crippen molar-refractivity contribution >= 4 is 56.5 Å². The molecule has 5 N–H and O–H groups in total. The fourth-order valence-corrected chi connectivity index (χ4v) is 6.37. The second-order valence-electron chi connectivity index (χ2n) is 7.47. The Morgan fingerprint density at radius 2 is 2.00 bits per heavy atom. The van der Waals surface area contributed by atoms with E-state index in [1.54, 1.807) is 24.3 Å². The van der Waals surface area contributed by atoms with Gasteiger partial charge in [-0.15, -0.1) is 11.3 Å². The van der Waals surface area contributed by atoms with E-state index in [4.69, 9.17) is 17.3 Å². The largest absolute Gasteiger partial charge is 0.412 e. The van der Waals surface area contributed by atoms with Crippen LogP contribution < -0.4 is 10.5 Å². The lowest BCUT2D eigenvalue weighted by molar-refractivity contribution is 0.532. The predicted octanol–water partition coefficient (Wildman–Crippen LogP) is 4.96. The lowest BCUT2D eigenvalue weighted by atomic mass is 10.1. The molecule has 0 saturated heterocycles. The summed E-state index contributed by atoms with van der Waals surface area (Å²) in [5, 5.41) is 0.728. The Hall–Kier alpha value is -2.53. The maximum Gasteiger partial charge on any atom is 0.160 e. The van der Waals surface area contributed by atoms with Gasteiger partial charge >= 0.3 is 0 Å². The Morgan fingerprint density at radius 3 is 2.69 bits per heavy atom. The fraction of sp³-hybridized carbons (Fsp3) is 0.238. The third kappa shape index (κ3) is 4.11. The molecule has 1 aliphatic carbocycles. The van der Waals surface area contributed by atoms with E-state index in [0.717, 1.165) is 29.4 Å². The van der Waals surface area contributed by atoms with Crippen molar-refractivity contribution < 1.29 is 14.1 Å². The molecule has 0 radical (unpaired) electrons. The number of hydrogen-bond acceptors (Lipinski definition) is 5. The number of benzene rings is 1.